The van der Waals surface area contributed by atoms with Crippen molar-refractivity contribution in [1.82, 2.24) is 4.90 Å². The van der Waals surface area contributed by atoms with Crippen molar-refractivity contribution in [3.05, 3.63) is 40.9 Å². The summed E-state index contributed by atoms with van der Waals surface area (Å²) < 4.78 is 0. The Bertz CT molecular complexity index is 516. The van der Waals surface area contributed by atoms with Crippen LogP contribution in [0.1, 0.15) is 12.0 Å². The van der Waals surface area contributed by atoms with E-state index < -0.39 is 0 Å². The van der Waals surface area contributed by atoms with Gasteiger partial charge in [0.05, 0.1) is 6.54 Å². The molecule has 2 rings (SSSR count). The number of halogens is 1. The standard InChI is InChI=1S/C15H20ClN3O/c1-11-13(16)6-4-7-14(11)18-15(20)10-19-8-3-2-5-12(19)9-17/h2,4-7,12H,3,8-10,17H2,1H3,(H,18,20). The first kappa shape index (κ1) is 15.0. The number of amides is 1. The van der Waals surface area contributed by atoms with Crippen molar-refractivity contribution < 1.29 is 4.79 Å². The third-order valence-electron chi connectivity index (χ3n) is 3.54. The Morgan fingerprint density at radius 2 is 2.35 bits per heavy atom. The van der Waals surface area contributed by atoms with Crippen molar-refractivity contribution in [2.75, 3.05) is 25.0 Å². The third kappa shape index (κ3) is 3.60. The molecule has 1 atom stereocenters. The predicted molar refractivity (Wildman–Crippen MR) is 83.0 cm³/mol. The summed E-state index contributed by atoms with van der Waals surface area (Å²) in [6, 6.07) is 5.65. The van der Waals surface area contributed by atoms with Gasteiger partial charge in [-0.3, -0.25) is 9.69 Å². The van der Waals surface area contributed by atoms with Crippen LogP contribution in [0.25, 0.3) is 0 Å². The van der Waals surface area contributed by atoms with Crippen LogP contribution in [-0.2, 0) is 4.79 Å². The smallest absolute Gasteiger partial charge is 0.238 e. The van der Waals surface area contributed by atoms with Crippen molar-refractivity contribution in [2.45, 2.75) is 19.4 Å². The fraction of sp³-hybridized carbons (Fsp3) is 0.400. The van der Waals surface area contributed by atoms with Gasteiger partial charge in [-0.05, 0) is 31.0 Å². The van der Waals surface area contributed by atoms with Gasteiger partial charge in [0.1, 0.15) is 0 Å². The van der Waals surface area contributed by atoms with Gasteiger partial charge in [0.25, 0.3) is 0 Å². The number of anilines is 1. The highest BCUT2D eigenvalue weighted by Gasteiger charge is 2.20. The molecule has 108 valence electrons. The molecule has 0 aliphatic carbocycles. The summed E-state index contributed by atoms with van der Waals surface area (Å²) in [5, 5.41) is 3.57. The Kier molecular flexibility index (Phi) is 5.17. The zero-order chi connectivity index (χ0) is 14.5. The largest absolute Gasteiger partial charge is 0.329 e. The minimum absolute atomic E-state index is 0.0379. The van der Waals surface area contributed by atoms with Gasteiger partial charge >= 0.3 is 0 Å². The van der Waals surface area contributed by atoms with E-state index in [2.05, 4.69) is 22.4 Å². The predicted octanol–water partition coefficient (Wildman–Crippen LogP) is 2.18. The molecule has 1 aliphatic rings. The van der Waals surface area contributed by atoms with Crippen LogP contribution in [0.2, 0.25) is 5.02 Å². The lowest BCUT2D eigenvalue weighted by atomic mass is 10.1. The highest BCUT2D eigenvalue weighted by molar-refractivity contribution is 6.31. The molecule has 1 heterocycles. The molecule has 1 aromatic rings. The van der Waals surface area contributed by atoms with E-state index in [-0.39, 0.29) is 11.9 Å². The van der Waals surface area contributed by atoms with Crippen LogP contribution in [0.5, 0.6) is 0 Å². The monoisotopic (exact) mass is 293 g/mol. The lowest BCUT2D eigenvalue weighted by molar-refractivity contribution is -0.117. The van der Waals surface area contributed by atoms with Gasteiger partial charge in [-0.1, -0.05) is 29.8 Å². The van der Waals surface area contributed by atoms with Gasteiger partial charge in [-0.25, -0.2) is 0 Å². The first-order valence-electron chi connectivity index (χ1n) is 6.77. The summed E-state index contributed by atoms with van der Waals surface area (Å²) >= 11 is 6.05. The highest BCUT2D eigenvalue weighted by atomic mass is 35.5. The van der Waals surface area contributed by atoms with Gasteiger partial charge in [0.2, 0.25) is 5.91 Å². The van der Waals surface area contributed by atoms with Crippen LogP contribution in [0.3, 0.4) is 0 Å². The molecule has 1 aromatic carbocycles. The van der Waals surface area contributed by atoms with E-state index in [4.69, 9.17) is 17.3 Å². The normalized spacial score (nSPS) is 19.1. The summed E-state index contributed by atoms with van der Waals surface area (Å²) in [5.74, 6) is -0.0379. The van der Waals surface area contributed by atoms with E-state index in [1.54, 1.807) is 0 Å². The topological polar surface area (TPSA) is 58.4 Å². The second kappa shape index (κ2) is 6.88. The zero-order valence-electron chi connectivity index (χ0n) is 11.6. The Morgan fingerprint density at radius 1 is 1.55 bits per heavy atom. The maximum absolute atomic E-state index is 12.1. The Hall–Kier alpha value is -1.36. The lowest BCUT2D eigenvalue weighted by Gasteiger charge is -2.30. The Morgan fingerprint density at radius 3 is 3.10 bits per heavy atom. The van der Waals surface area contributed by atoms with Gasteiger partial charge in [-0.2, -0.15) is 0 Å². The molecule has 0 aromatic heterocycles. The van der Waals surface area contributed by atoms with Gasteiger partial charge < -0.3 is 11.1 Å². The summed E-state index contributed by atoms with van der Waals surface area (Å²) in [6.07, 6.45) is 5.15. The maximum atomic E-state index is 12.1. The average Bonchev–Trinajstić information content (AvgIpc) is 2.44. The molecular weight excluding hydrogens is 274 g/mol. The zero-order valence-corrected chi connectivity index (χ0v) is 12.4. The lowest BCUT2D eigenvalue weighted by Crippen LogP contribution is -2.45. The maximum Gasteiger partial charge on any atom is 0.238 e. The van der Waals surface area contributed by atoms with E-state index in [9.17, 15) is 4.79 Å². The molecule has 0 saturated heterocycles. The van der Waals surface area contributed by atoms with E-state index in [0.29, 0.717) is 18.1 Å². The van der Waals surface area contributed by atoms with Crippen LogP contribution < -0.4 is 11.1 Å². The number of nitrogens with zero attached hydrogens (tertiary/aromatic N) is 1. The van der Waals surface area contributed by atoms with Crippen molar-refractivity contribution in [3.63, 3.8) is 0 Å². The van der Waals surface area contributed by atoms with Crippen LogP contribution in [0, 0.1) is 6.92 Å². The Labute approximate surface area is 124 Å². The molecule has 5 heteroatoms. The van der Waals surface area contributed by atoms with Crippen LogP contribution in [0.4, 0.5) is 5.69 Å². The van der Waals surface area contributed by atoms with E-state index in [1.807, 2.05) is 25.1 Å². The second-order valence-corrected chi connectivity index (χ2v) is 5.36. The molecule has 1 unspecified atom stereocenters. The van der Waals surface area contributed by atoms with Crippen molar-refractivity contribution in [2.24, 2.45) is 5.73 Å². The summed E-state index contributed by atoms with van der Waals surface area (Å²) in [4.78, 5) is 14.2. The number of carbonyl (C=O) groups is 1. The number of hydrogen-bond acceptors (Lipinski definition) is 3. The van der Waals surface area contributed by atoms with Crippen LogP contribution >= 0.6 is 11.6 Å². The first-order valence-corrected chi connectivity index (χ1v) is 7.15. The van der Waals surface area contributed by atoms with Crippen molar-refractivity contribution >= 4 is 23.2 Å². The molecule has 0 saturated carbocycles. The summed E-state index contributed by atoms with van der Waals surface area (Å²) in [7, 11) is 0. The number of benzene rings is 1. The minimum atomic E-state index is -0.0379. The average molecular weight is 294 g/mol. The molecule has 4 nitrogen and oxygen atoms in total. The van der Waals surface area contributed by atoms with Gasteiger partial charge in [0.15, 0.2) is 0 Å². The van der Waals surface area contributed by atoms with Crippen molar-refractivity contribution in [1.29, 1.82) is 0 Å². The first-order chi connectivity index (χ1) is 9.61. The molecule has 1 aliphatic heterocycles. The number of hydrogen-bond donors (Lipinski definition) is 2. The molecule has 1 amide bonds. The molecule has 3 N–H and O–H groups in total. The molecule has 0 radical (unpaired) electrons. The fourth-order valence-corrected chi connectivity index (χ4v) is 2.50. The minimum Gasteiger partial charge on any atom is -0.329 e. The molecule has 0 bridgehead atoms. The van der Waals surface area contributed by atoms with Crippen LogP contribution in [0.15, 0.2) is 30.4 Å². The molecule has 20 heavy (non-hydrogen) atoms. The SMILES string of the molecule is Cc1c(Cl)cccc1NC(=O)CN1CCC=CC1CN. The van der Waals surface area contributed by atoms with Crippen LogP contribution in [-0.4, -0.2) is 36.5 Å². The number of nitrogens with one attached hydrogen (secondary N) is 1. The fourth-order valence-electron chi connectivity index (χ4n) is 2.32. The summed E-state index contributed by atoms with van der Waals surface area (Å²) in [5.41, 5.74) is 7.37. The van der Waals surface area contributed by atoms with E-state index in [0.717, 1.165) is 24.2 Å². The van der Waals surface area contributed by atoms with Gasteiger partial charge in [0, 0.05) is 29.8 Å². The Balaban J connectivity index is 1.98. The molecule has 0 spiro atoms. The summed E-state index contributed by atoms with van der Waals surface area (Å²) in [6.45, 7) is 3.63. The molecular formula is C15H20ClN3O. The second-order valence-electron chi connectivity index (χ2n) is 4.95. The van der Waals surface area contributed by atoms with Crippen molar-refractivity contribution in [3.8, 4) is 0 Å². The third-order valence-corrected chi connectivity index (χ3v) is 3.95. The molecule has 0 fully saturated rings. The number of carbonyl (C=O) groups excluding carboxylic acids is 1. The number of rotatable bonds is 4. The van der Waals surface area contributed by atoms with E-state index >= 15 is 0 Å². The highest BCUT2D eigenvalue weighted by Crippen LogP contribution is 2.23. The quantitative estimate of drug-likeness (QED) is 0.837. The van der Waals surface area contributed by atoms with Gasteiger partial charge in [-0.15, -0.1) is 0 Å². The van der Waals surface area contributed by atoms with E-state index in [1.165, 1.54) is 0 Å². The number of nitrogens with two attached hydrogens (primary N) is 1.